The highest BCUT2D eigenvalue weighted by Crippen LogP contribution is 2.26. The van der Waals surface area contributed by atoms with E-state index in [1.165, 1.54) is 0 Å². The Morgan fingerprint density at radius 1 is 0.722 bits per heavy atom. The lowest BCUT2D eigenvalue weighted by atomic mass is 10.2. The molecule has 2 rings (SSSR count). The Balaban J connectivity index is 2.24. The van der Waals surface area contributed by atoms with Gasteiger partial charge in [-0.2, -0.15) is 10.2 Å². The zero-order chi connectivity index (χ0) is 13.1. The summed E-state index contributed by atoms with van der Waals surface area (Å²) in [4.78, 5) is 0. The Hall–Kier alpha value is -1.38. The second kappa shape index (κ2) is 5.51. The van der Waals surface area contributed by atoms with Gasteiger partial charge in [-0.1, -0.05) is 35.3 Å². The molecule has 0 heterocycles. The molecule has 0 aliphatic heterocycles. The summed E-state index contributed by atoms with van der Waals surface area (Å²) in [5, 5.41) is 9.64. The summed E-state index contributed by atoms with van der Waals surface area (Å²) in [6, 6.07) is 11.2. The fourth-order valence-electron chi connectivity index (χ4n) is 1.40. The quantitative estimate of drug-likeness (QED) is 0.600. The van der Waals surface area contributed by atoms with E-state index in [2.05, 4.69) is 10.2 Å². The van der Waals surface area contributed by atoms with Crippen LogP contribution in [0, 0.1) is 13.8 Å². The van der Waals surface area contributed by atoms with E-state index in [1.54, 1.807) is 12.1 Å². The Kier molecular flexibility index (Phi) is 4.00. The average molecular weight is 279 g/mol. The van der Waals surface area contributed by atoms with Gasteiger partial charge < -0.3 is 0 Å². The van der Waals surface area contributed by atoms with Crippen LogP contribution in [0.25, 0.3) is 0 Å². The van der Waals surface area contributed by atoms with E-state index >= 15 is 0 Å². The van der Waals surface area contributed by atoms with Crippen LogP contribution in [0.5, 0.6) is 0 Å². The van der Waals surface area contributed by atoms with Gasteiger partial charge in [0.2, 0.25) is 0 Å². The number of halogens is 2. The lowest BCUT2D eigenvalue weighted by Crippen LogP contribution is -1.74. The van der Waals surface area contributed by atoms with E-state index in [0.717, 1.165) is 22.5 Å². The Bertz CT molecular complexity index is 553. The van der Waals surface area contributed by atoms with Gasteiger partial charge in [0.1, 0.15) is 0 Å². The van der Waals surface area contributed by atoms with Gasteiger partial charge in [0.15, 0.2) is 0 Å². The van der Waals surface area contributed by atoms with Crippen LogP contribution in [0.3, 0.4) is 0 Å². The smallest absolute Gasteiger partial charge is 0.0872 e. The molecule has 2 aromatic rings. The van der Waals surface area contributed by atoms with Gasteiger partial charge >= 0.3 is 0 Å². The molecule has 0 N–H and O–H groups in total. The molecule has 2 aromatic carbocycles. The maximum absolute atomic E-state index is 6.02. The molecule has 0 saturated carbocycles. The molecule has 0 saturated heterocycles. The standard InChI is InChI=1S/C14H12Cl2N2/c1-9-3-5-11(7-13(9)15)17-18-12-6-4-10(2)14(16)8-12/h3-8H,1-2H3. The van der Waals surface area contributed by atoms with Crippen molar-refractivity contribution in [2.45, 2.75) is 13.8 Å². The molecular weight excluding hydrogens is 267 g/mol. The fraction of sp³-hybridized carbons (Fsp3) is 0.143. The lowest BCUT2D eigenvalue weighted by Gasteiger charge is -1.99. The zero-order valence-corrected chi connectivity index (χ0v) is 11.6. The van der Waals surface area contributed by atoms with Gasteiger partial charge in [-0.25, -0.2) is 0 Å². The maximum Gasteiger partial charge on any atom is 0.0872 e. The summed E-state index contributed by atoms with van der Waals surface area (Å²) in [7, 11) is 0. The monoisotopic (exact) mass is 278 g/mol. The number of benzene rings is 2. The van der Waals surface area contributed by atoms with Crippen LogP contribution in [-0.4, -0.2) is 0 Å². The van der Waals surface area contributed by atoms with Gasteiger partial charge in [0.25, 0.3) is 0 Å². The molecule has 0 radical (unpaired) electrons. The lowest BCUT2D eigenvalue weighted by molar-refractivity contribution is 1.22. The van der Waals surface area contributed by atoms with Crippen molar-refractivity contribution >= 4 is 34.6 Å². The fourth-order valence-corrected chi connectivity index (χ4v) is 1.75. The molecule has 0 fully saturated rings. The Labute approximate surface area is 116 Å². The molecule has 0 amide bonds. The van der Waals surface area contributed by atoms with Gasteiger partial charge in [-0.15, -0.1) is 0 Å². The molecule has 2 nitrogen and oxygen atoms in total. The summed E-state index contributed by atoms with van der Waals surface area (Å²) in [6.45, 7) is 3.89. The van der Waals surface area contributed by atoms with Crippen molar-refractivity contribution in [3.63, 3.8) is 0 Å². The number of aryl methyl sites for hydroxylation is 2. The van der Waals surface area contributed by atoms with E-state index in [-0.39, 0.29) is 0 Å². The third kappa shape index (κ3) is 3.09. The molecule has 18 heavy (non-hydrogen) atoms. The molecule has 0 aromatic heterocycles. The first-order valence-electron chi connectivity index (χ1n) is 5.50. The highest BCUT2D eigenvalue weighted by molar-refractivity contribution is 6.31. The number of hydrogen-bond donors (Lipinski definition) is 0. The van der Waals surface area contributed by atoms with Crippen LogP contribution >= 0.6 is 23.2 Å². The van der Waals surface area contributed by atoms with E-state index < -0.39 is 0 Å². The molecular formula is C14H12Cl2N2. The van der Waals surface area contributed by atoms with Crippen LogP contribution in [0.1, 0.15) is 11.1 Å². The Morgan fingerprint density at radius 2 is 1.11 bits per heavy atom. The van der Waals surface area contributed by atoms with Crippen molar-refractivity contribution < 1.29 is 0 Å². The summed E-state index contributed by atoms with van der Waals surface area (Å²) in [6.07, 6.45) is 0. The molecule has 0 atom stereocenters. The first kappa shape index (κ1) is 13.1. The van der Waals surface area contributed by atoms with Crippen molar-refractivity contribution in [2.75, 3.05) is 0 Å². The summed E-state index contributed by atoms with van der Waals surface area (Å²) in [5.74, 6) is 0. The molecule has 92 valence electrons. The van der Waals surface area contributed by atoms with Crippen molar-refractivity contribution in [3.05, 3.63) is 57.6 Å². The topological polar surface area (TPSA) is 24.7 Å². The number of nitrogens with zero attached hydrogens (tertiary/aromatic N) is 2. The van der Waals surface area contributed by atoms with Crippen LogP contribution < -0.4 is 0 Å². The zero-order valence-electron chi connectivity index (χ0n) is 10.1. The molecule has 4 heteroatoms. The van der Waals surface area contributed by atoms with Gasteiger partial charge in [0.05, 0.1) is 11.4 Å². The van der Waals surface area contributed by atoms with Crippen molar-refractivity contribution in [1.82, 2.24) is 0 Å². The first-order valence-corrected chi connectivity index (χ1v) is 6.26. The van der Waals surface area contributed by atoms with Gasteiger partial charge in [-0.05, 0) is 49.2 Å². The van der Waals surface area contributed by atoms with Gasteiger partial charge in [0, 0.05) is 10.0 Å². The minimum absolute atomic E-state index is 0.688. The van der Waals surface area contributed by atoms with Crippen LogP contribution in [-0.2, 0) is 0 Å². The minimum atomic E-state index is 0.688. The van der Waals surface area contributed by atoms with E-state index in [4.69, 9.17) is 23.2 Å². The summed E-state index contributed by atoms with van der Waals surface area (Å²) in [5.41, 5.74) is 3.49. The van der Waals surface area contributed by atoms with Crippen molar-refractivity contribution in [2.24, 2.45) is 10.2 Å². The SMILES string of the molecule is Cc1ccc(N=Nc2ccc(C)c(Cl)c2)cc1Cl. The van der Waals surface area contributed by atoms with Crippen LogP contribution in [0.4, 0.5) is 11.4 Å². The first-order chi connectivity index (χ1) is 8.56. The normalized spacial score (nSPS) is 11.1. The van der Waals surface area contributed by atoms with E-state index in [9.17, 15) is 0 Å². The predicted octanol–water partition coefficient (Wildman–Crippen LogP) is 6.03. The number of azo groups is 1. The van der Waals surface area contributed by atoms with Crippen LogP contribution in [0.2, 0.25) is 10.0 Å². The van der Waals surface area contributed by atoms with Crippen molar-refractivity contribution in [3.8, 4) is 0 Å². The average Bonchev–Trinajstić information content (AvgIpc) is 2.35. The van der Waals surface area contributed by atoms with Crippen molar-refractivity contribution in [1.29, 1.82) is 0 Å². The van der Waals surface area contributed by atoms with E-state index in [1.807, 2.05) is 38.1 Å². The third-order valence-electron chi connectivity index (χ3n) is 2.59. The Morgan fingerprint density at radius 3 is 1.44 bits per heavy atom. The minimum Gasteiger partial charge on any atom is -0.151 e. The molecule has 0 aliphatic carbocycles. The van der Waals surface area contributed by atoms with Crippen LogP contribution in [0.15, 0.2) is 46.6 Å². The van der Waals surface area contributed by atoms with E-state index in [0.29, 0.717) is 10.0 Å². The number of rotatable bonds is 2. The highest BCUT2D eigenvalue weighted by atomic mass is 35.5. The maximum atomic E-state index is 6.02. The molecule has 0 unspecified atom stereocenters. The third-order valence-corrected chi connectivity index (χ3v) is 3.41. The largest absolute Gasteiger partial charge is 0.151 e. The second-order valence-corrected chi connectivity index (χ2v) is 4.88. The highest BCUT2D eigenvalue weighted by Gasteiger charge is 1.98. The second-order valence-electron chi connectivity index (χ2n) is 4.07. The number of hydrogen-bond acceptors (Lipinski definition) is 2. The molecule has 0 bridgehead atoms. The summed E-state index contributed by atoms with van der Waals surface area (Å²) >= 11 is 12.0. The van der Waals surface area contributed by atoms with Gasteiger partial charge in [-0.3, -0.25) is 0 Å². The molecule has 0 aliphatic rings. The molecule has 0 spiro atoms. The predicted molar refractivity (Wildman–Crippen MR) is 76.6 cm³/mol. The summed E-state index contributed by atoms with van der Waals surface area (Å²) < 4.78 is 0.